The molecule has 1 unspecified atom stereocenters. The van der Waals surface area contributed by atoms with Crippen LogP contribution < -0.4 is 5.32 Å². The van der Waals surface area contributed by atoms with Gasteiger partial charge in [-0.3, -0.25) is 4.79 Å². The lowest BCUT2D eigenvalue weighted by Gasteiger charge is -2.12. The van der Waals surface area contributed by atoms with E-state index in [0.717, 1.165) is 18.6 Å². The van der Waals surface area contributed by atoms with Gasteiger partial charge in [0.2, 0.25) is 5.91 Å². The second kappa shape index (κ2) is 8.86. The van der Waals surface area contributed by atoms with E-state index in [1.165, 1.54) is 5.56 Å². The summed E-state index contributed by atoms with van der Waals surface area (Å²) >= 11 is 7.72. The number of amides is 1. The van der Waals surface area contributed by atoms with Gasteiger partial charge in [0.15, 0.2) is 0 Å². The largest absolute Gasteiger partial charge is 0.324 e. The van der Waals surface area contributed by atoms with Crippen molar-refractivity contribution < 1.29 is 4.79 Å². The van der Waals surface area contributed by atoms with Gasteiger partial charge in [0.1, 0.15) is 0 Å². The molecule has 0 fully saturated rings. The molecule has 2 aromatic carbocycles. The molecule has 1 N–H and O–H groups in total. The zero-order valence-electron chi connectivity index (χ0n) is 12.6. The van der Waals surface area contributed by atoms with Crippen LogP contribution >= 0.6 is 23.4 Å². The number of carbonyl (C=O) groups is 1. The minimum absolute atomic E-state index is 0.00203. The lowest BCUT2D eigenvalue weighted by molar-refractivity contribution is -0.115. The normalized spacial score (nSPS) is 11.9. The van der Waals surface area contributed by atoms with Crippen LogP contribution in [0.25, 0.3) is 0 Å². The minimum atomic E-state index is -0.0907. The first-order valence-electron chi connectivity index (χ1n) is 7.38. The molecule has 0 bridgehead atoms. The summed E-state index contributed by atoms with van der Waals surface area (Å²) in [7, 11) is 0. The maximum Gasteiger partial charge on any atom is 0.237 e. The van der Waals surface area contributed by atoms with Crippen LogP contribution in [0.1, 0.15) is 18.9 Å². The Balaban J connectivity index is 1.71. The van der Waals surface area contributed by atoms with Crippen molar-refractivity contribution in [2.24, 2.45) is 0 Å². The lowest BCUT2D eigenvalue weighted by atomic mass is 10.1. The standard InChI is InChI=1S/C18H20ClNOS/c1-14(18(21)20-17-12-6-5-11-16(17)19)22-13-7-10-15-8-3-2-4-9-15/h2-6,8-9,11-12,14H,7,10,13H2,1H3,(H,20,21). The first-order valence-corrected chi connectivity index (χ1v) is 8.80. The highest BCUT2D eigenvalue weighted by Gasteiger charge is 2.14. The highest BCUT2D eigenvalue weighted by molar-refractivity contribution is 8.00. The third-order valence-electron chi connectivity index (χ3n) is 3.32. The number of hydrogen-bond donors (Lipinski definition) is 1. The van der Waals surface area contributed by atoms with Gasteiger partial charge < -0.3 is 5.32 Å². The van der Waals surface area contributed by atoms with Crippen LogP contribution in [0.2, 0.25) is 5.02 Å². The summed E-state index contributed by atoms with van der Waals surface area (Å²) < 4.78 is 0. The summed E-state index contributed by atoms with van der Waals surface area (Å²) in [5.74, 6) is 0.962. The van der Waals surface area contributed by atoms with E-state index in [1.807, 2.05) is 31.2 Å². The molecule has 4 heteroatoms. The molecule has 1 amide bonds. The number of hydrogen-bond acceptors (Lipinski definition) is 2. The molecule has 0 heterocycles. The number of benzene rings is 2. The van der Waals surface area contributed by atoms with Crippen LogP contribution in [-0.2, 0) is 11.2 Å². The fourth-order valence-electron chi connectivity index (χ4n) is 2.05. The molecule has 2 rings (SSSR count). The highest BCUT2D eigenvalue weighted by Crippen LogP contribution is 2.22. The molecule has 0 aliphatic rings. The number of para-hydroxylation sites is 1. The van der Waals surface area contributed by atoms with E-state index in [9.17, 15) is 4.79 Å². The zero-order valence-corrected chi connectivity index (χ0v) is 14.2. The predicted molar refractivity (Wildman–Crippen MR) is 96.8 cm³/mol. The van der Waals surface area contributed by atoms with E-state index in [0.29, 0.717) is 10.7 Å². The Morgan fingerprint density at radius 3 is 2.55 bits per heavy atom. The average Bonchev–Trinajstić information content (AvgIpc) is 2.54. The molecule has 0 saturated heterocycles. The summed E-state index contributed by atoms with van der Waals surface area (Å²) in [4.78, 5) is 12.1. The molecule has 0 saturated carbocycles. The predicted octanol–water partition coefficient (Wildman–Crippen LogP) is 5.03. The quantitative estimate of drug-likeness (QED) is 0.720. The number of thioether (sulfide) groups is 1. The third-order valence-corrected chi connectivity index (χ3v) is 4.89. The average molecular weight is 334 g/mol. The molecule has 0 aliphatic heterocycles. The molecule has 116 valence electrons. The lowest BCUT2D eigenvalue weighted by Crippen LogP contribution is -2.23. The van der Waals surface area contributed by atoms with Crippen LogP contribution in [0.3, 0.4) is 0 Å². The molecular formula is C18H20ClNOS. The van der Waals surface area contributed by atoms with Gasteiger partial charge in [-0.05, 0) is 43.2 Å². The van der Waals surface area contributed by atoms with Gasteiger partial charge in [-0.2, -0.15) is 0 Å². The molecule has 22 heavy (non-hydrogen) atoms. The van der Waals surface area contributed by atoms with Crippen molar-refractivity contribution in [2.75, 3.05) is 11.1 Å². The SMILES string of the molecule is CC(SCCCc1ccccc1)C(=O)Nc1ccccc1Cl. The summed E-state index contributed by atoms with van der Waals surface area (Å²) in [6, 6.07) is 17.7. The van der Waals surface area contributed by atoms with E-state index >= 15 is 0 Å². The topological polar surface area (TPSA) is 29.1 Å². The summed E-state index contributed by atoms with van der Waals surface area (Å²) in [5, 5.41) is 3.35. The van der Waals surface area contributed by atoms with Gasteiger partial charge in [-0.1, -0.05) is 54.1 Å². The van der Waals surface area contributed by atoms with Gasteiger partial charge in [0, 0.05) is 0 Å². The van der Waals surface area contributed by atoms with Crippen molar-refractivity contribution in [3.63, 3.8) is 0 Å². The molecule has 2 aromatic rings. The van der Waals surface area contributed by atoms with Crippen LogP contribution in [0, 0.1) is 0 Å². The second-order valence-electron chi connectivity index (χ2n) is 5.07. The molecule has 0 spiro atoms. The van der Waals surface area contributed by atoms with Crippen LogP contribution in [-0.4, -0.2) is 16.9 Å². The first kappa shape index (κ1) is 16.9. The highest BCUT2D eigenvalue weighted by atomic mass is 35.5. The van der Waals surface area contributed by atoms with Gasteiger partial charge >= 0.3 is 0 Å². The number of halogens is 1. The fraction of sp³-hybridized carbons (Fsp3) is 0.278. The van der Waals surface area contributed by atoms with E-state index in [1.54, 1.807) is 17.8 Å². The molecule has 1 atom stereocenters. The molecular weight excluding hydrogens is 314 g/mol. The van der Waals surface area contributed by atoms with E-state index < -0.39 is 0 Å². The summed E-state index contributed by atoms with van der Waals surface area (Å²) in [6.07, 6.45) is 2.12. The second-order valence-corrected chi connectivity index (χ2v) is 6.93. The zero-order chi connectivity index (χ0) is 15.8. The first-order chi connectivity index (χ1) is 10.7. The Morgan fingerprint density at radius 1 is 1.14 bits per heavy atom. The van der Waals surface area contributed by atoms with Gasteiger partial charge in [0.05, 0.1) is 16.0 Å². The summed E-state index contributed by atoms with van der Waals surface area (Å²) in [6.45, 7) is 1.93. The van der Waals surface area contributed by atoms with Gasteiger partial charge in [-0.25, -0.2) is 0 Å². The molecule has 2 nitrogen and oxygen atoms in total. The minimum Gasteiger partial charge on any atom is -0.324 e. The van der Waals surface area contributed by atoms with Crippen molar-refractivity contribution in [1.29, 1.82) is 0 Å². The molecule has 0 aromatic heterocycles. The Bertz CT molecular complexity index is 603. The molecule has 0 radical (unpaired) electrons. The monoisotopic (exact) mass is 333 g/mol. The van der Waals surface area contributed by atoms with Gasteiger partial charge in [-0.15, -0.1) is 11.8 Å². The summed E-state index contributed by atoms with van der Waals surface area (Å²) in [5.41, 5.74) is 2.02. The van der Waals surface area contributed by atoms with Crippen molar-refractivity contribution in [3.05, 3.63) is 65.2 Å². The maximum atomic E-state index is 12.1. The number of aryl methyl sites for hydroxylation is 1. The van der Waals surface area contributed by atoms with Crippen LogP contribution in [0.4, 0.5) is 5.69 Å². The Hall–Kier alpha value is -1.45. The smallest absolute Gasteiger partial charge is 0.237 e. The third kappa shape index (κ3) is 5.39. The maximum absolute atomic E-state index is 12.1. The number of anilines is 1. The van der Waals surface area contributed by atoms with E-state index in [4.69, 9.17) is 11.6 Å². The van der Waals surface area contributed by atoms with Crippen LogP contribution in [0.15, 0.2) is 54.6 Å². The molecule has 0 aliphatic carbocycles. The van der Waals surface area contributed by atoms with Crippen LogP contribution in [0.5, 0.6) is 0 Å². The van der Waals surface area contributed by atoms with Crippen molar-refractivity contribution in [2.45, 2.75) is 25.0 Å². The van der Waals surface area contributed by atoms with Gasteiger partial charge in [0.25, 0.3) is 0 Å². The Morgan fingerprint density at radius 2 is 1.82 bits per heavy atom. The van der Waals surface area contributed by atoms with Crippen molar-refractivity contribution >= 4 is 35.0 Å². The number of carbonyl (C=O) groups excluding carboxylic acids is 1. The number of rotatable bonds is 7. The Kier molecular flexibility index (Phi) is 6.81. The number of nitrogens with one attached hydrogen (secondary N) is 1. The Labute approximate surface area is 141 Å². The van der Waals surface area contributed by atoms with E-state index in [-0.39, 0.29) is 11.2 Å². The van der Waals surface area contributed by atoms with Crippen molar-refractivity contribution in [3.8, 4) is 0 Å². The van der Waals surface area contributed by atoms with E-state index in [2.05, 4.69) is 29.6 Å². The fourth-order valence-corrected chi connectivity index (χ4v) is 3.11. The van der Waals surface area contributed by atoms with Crippen molar-refractivity contribution in [1.82, 2.24) is 0 Å².